The van der Waals surface area contributed by atoms with Gasteiger partial charge in [0.2, 0.25) is 0 Å². The third kappa shape index (κ3) is 3.11. The molecule has 1 saturated heterocycles. The minimum absolute atomic E-state index is 0.925. The summed E-state index contributed by atoms with van der Waals surface area (Å²) in [6, 6.07) is 0.925. The Morgan fingerprint density at radius 3 is 2.50 bits per heavy atom. The second kappa shape index (κ2) is 5.55. The zero-order valence-electron chi connectivity index (χ0n) is 8.60. The molecule has 0 amide bonds. The normalized spacial score (nSPS) is 24.8. The molecular formula is C10H24N2+2. The van der Waals surface area contributed by atoms with Crippen LogP contribution in [0.4, 0.5) is 0 Å². The van der Waals surface area contributed by atoms with Crippen LogP contribution in [0.25, 0.3) is 0 Å². The lowest BCUT2D eigenvalue weighted by Crippen LogP contribution is -3.15. The summed E-state index contributed by atoms with van der Waals surface area (Å²) in [5.74, 6) is 0. The van der Waals surface area contributed by atoms with Gasteiger partial charge in [0.15, 0.2) is 0 Å². The van der Waals surface area contributed by atoms with Gasteiger partial charge in [0, 0.05) is 6.42 Å². The molecule has 1 aliphatic heterocycles. The van der Waals surface area contributed by atoms with Gasteiger partial charge in [-0.05, 0) is 26.7 Å². The van der Waals surface area contributed by atoms with Gasteiger partial charge in [-0.25, -0.2) is 0 Å². The van der Waals surface area contributed by atoms with E-state index in [4.69, 9.17) is 0 Å². The molecule has 1 heterocycles. The van der Waals surface area contributed by atoms with Gasteiger partial charge in [0.25, 0.3) is 0 Å². The number of likely N-dealkylation sites (N-methyl/N-ethyl adjacent to an activating group) is 1. The SMILES string of the molecule is CC[NH+](CC)C[C@H]1CCCC[NH2+]1. The highest BCUT2D eigenvalue weighted by Gasteiger charge is 2.20. The van der Waals surface area contributed by atoms with E-state index in [1.165, 1.54) is 45.4 Å². The molecule has 0 saturated carbocycles. The van der Waals surface area contributed by atoms with Gasteiger partial charge in [0.05, 0.1) is 19.6 Å². The molecular weight excluding hydrogens is 148 g/mol. The van der Waals surface area contributed by atoms with Gasteiger partial charge in [0.1, 0.15) is 12.6 Å². The van der Waals surface area contributed by atoms with E-state index in [0.717, 1.165) is 6.04 Å². The second-order valence-corrected chi connectivity index (χ2v) is 3.94. The number of quaternary nitrogens is 2. The molecule has 0 aliphatic carbocycles. The maximum absolute atomic E-state index is 2.55. The fraction of sp³-hybridized carbons (Fsp3) is 1.00. The topological polar surface area (TPSA) is 21.1 Å². The van der Waals surface area contributed by atoms with Crippen molar-refractivity contribution in [3.8, 4) is 0 Å². The average Bonchev–Trinajstić information content (AvgIpc) is 2.16. The molecule has 3 N–H and O–H groups in total. The maximum Gasteiger partial charge on any atom is 0.135 e. The van der Waals surface area contributed by atoms with Crippen LogP contribution in [-0.4, -0.2) is 32.2 Å². The van der Waals surface area contributed by atoms with E-state index < -0.39 is 0 Å². The average molecular weight is 172 g/mol. The summed E-state index contributed by atoms with van der Waals surface area (Å²) >= 11 is 0. The number of hydrogen-bond acceptors (Lipinski definition) is 0. The zero-order valence-corrected chi connectivity index (χ0v) is 8.60. The Balaban J connectivity index is 2.18. The van der Waals surface area contributed by atoms with Gasteiger partial charge < -0.3 is 10.2 Å². The van der Waals surface area contributed by atoms with Crippen molar-refractivity contribution in [2.45, 2.75) is 39.2 Å². The van der Waals surface area contributed by atoms with Crippen LogP contribution in [-0.2, 0) is 0 Å². The Morgan fingerprint density at radius 1 is 1.25 bits per heavy atom. The summed E-state index contributed by atoms with van der Waals surface area (Å²) in [5, 5.41) is 2.55. The van der Waals surface area contributed by atoms with Crippen molar-refractivity contribution in [1.82, 2.24) is 0 Å². The minimum atomic E-state index is 0.925. The minimum Gasteiger partial charge on any atom is -0.339 e. The number of nitrogens with two attached hydrogens (primary N) is 1. The van der Waals surface area contributed by atoms with Crippen LogP contribution in [0.1, 0.15) is 33.1 Å². The molecule has 0 bridgehead atoms. The van der Waals surface area contributed by atoms with E-state index in [-0.39, 0.29) is 0 Å². The third-order valence-electron chi connectivity index (χ3n) is 3.08. The highest BCUT2D eigenvalue weighted by Crippen LogP contribution is 1.98. The first-order chi connectivity index (χ1) is 5.86. The monoisotopic (exact) mass is 172 g/mol. The fourth-order valence-corrected chi connectivity index (χ4v) is 2.12. The molecule has 1 rings (SSSR count). The highest BCUT2D eigenvalue weighted by molar-refractivity contribution is 4.56. The zero-order chi connectivity index (χ0) is 8.81. The second-order valence-electron chi connectivity index (χ2n) is 3.94. The van der Waals surface area contributed by atoms with Crippen LogP contribution in [0.2, 0.25) is 0 Å². The summed E-state index contributed by atoms with van der Waals surface area (Å²) in [4.78, 5) is 1.76. The first-order valence-corrected chi connectivity index (χ1v) is 5.53. The molecule has 0 aromatic heterocycles. The predicted octanol–water partition coefficient (Wildman–Crippen LogP) is -0.973. The van der Waals surface area contributed by atoms with Gasteiger partial charge in [-0.15, -0.1) is 0 Å². The molecule has 1 fully saturated rings. The van der Waals surface area contributed by atoms with Crippen molar-refractivity contribution >= 4 is 0 Å². The first-order valence-electron chi connectivity index (χ1n) is 5.53. The molecule has 2 nitrogen and oxygen atoms in total. The molecule has 12 heavy (non-hydrogen) atoms. The fourth-order valence-electron chi connectivity index (χ4n) is 2.12. The number of hydrogen-bond donors (Lipinski definition) is 2. The Labute approximate surface area is 76.3 Å². The van der Waals surface area contributed by atoms with Gasteiger partial charge in [-0.2, -0.15) is 0 Å². The van der Waals surface area contributed by atoms with Crippen molar-refractivity contribution in [3.05, 3.63) is 0 Å². The molecule has 72 valence electrons. The van der Waals surface area contributed by atoms with Gasteiger partial charge in [-0.1, -0.05) is 0 Å². The standard InChI is InChI=1S/C10H22N2/c1-3-12(4-2)9-10-7-5-6-8-11-10/h10-11H,3-9H2,1-2H3/p+2/t10-/m1/s1. The first kappa shape index (κ1) is 10.0. The molecule has 0 radical (unpaired) electrons. The van der Waals surface area contributed by atoms with E-state index in [2.05, 4.69) is 19.2 Å². The Hall–Kier alpha value is -0.0800. The van der Waals surface area contributed by atoms with Crippen molar-refractivity contribution < 1.29 is 10.2 Å². The molecule has 0 aromatic rings. The smallest absolute Gasteiger partial charge is 0.135 e. The summed E-state index contributed by atoms with van der Waals surface area (Å²) in [7, 11) is 0. The summed E-state index contributed by atoms with van der Waals surface area (Å²) < 4.78 is 0. The van der Waals surface area contributed by atoms with E-state index in [1.807, 2.05) is 0 Å². The van der Waals surface area contributed by atoms with Crippen LogP contribution in [0.5, 0.6) is 0 Å². The molecule has 2 heteroatoms. The molecule has 1 aliphatic rings. The lowest BCUT2D eigenvalue weighted by Gasteiger charge is -2.24. The third-order valence-corrected chi connectivity index (χ3v) is 3.08. The Bertz CT molecular complexity index is 104. The molecule has 0 spiro atoms. The molecule has 1 atom stereocenters. The van der Waals surface area contributed by atoms with E-state index in [0.29, 0.717) is 0 Å². The highest BCUT2D eigenvalue weighted by atomic mass is 15.1. The van der Waals surface area contributed by atoms with E-state index >= 15 is 0 Å². The summed E-state index contributed by atoms with van der Waals surface area (Å²) in [6.45, 7) is 9.92. The van der Waals surface area contributed by atoms with Crippen LogP contribution in [0, 0.1) is 0 Å². The van der Waals surface area contributed by atoms with Crippen LogP contribution in [0.3, 0.4) is 0 Å². The lowest BCUT2D eigenvalue weighted by atomic mass is 10.0. The lowest BCUT2D eigenvalue weighted by molar-refractivity contribution is -0.917. The van der Waals surface area contributed by atoms with Gasteiger partial charge >= 0.3 is 0 Å². The Morgan fingerprint density at radius 2 is 2.00 bits per heavy atom. The molecule has 0 unspecified atom stereocenters. The van der Waals surface area contributed by atoms with Crippen molar-refractivity contribution in [1.29, 1.82) is 0 Å². The number of nitrogens with one attached hydrogen (secondary N) is 1. The van der Waals surface area contributed by atoms with E-state index in [1.54, 1.807) is 4.90 Å². The largest absolute Gasteiger partial charge is 0.339 e. The Kier molecular flexibility index (Phi) is 4.62. The van der Waals surface area contributed by atoms with Gasteiger partial charge in [-0.3, -0.25) is 0 Å². The van der Waals surface area contributed by atoms with Crippen molar-refractivity contribution in [2.75, 3.05) is 26.2 Å². The van der Waals surface area contributed by atoms with E-state index in [9.17, 15) is 0 Å². The van der Waals surface area contributed by atoms with Crippen LogP contribution in [0.15, 0.2) is 0 Å². The van der Waals surface area contributed by atoms with Crippen LogP contribution < -0.4 is 10.2 Å². The van der Waals surface area contributed by atoms with Crippen molar-refractivity contribution in [2.24, 2.45) is 0 Å². The molecule has 0 aromatic carbocycles. The predicted molar refractivity (Wildman–Crippen MR) is 51.3 cm³/mol. The maximum atomic E-state index is 2.55. The van der Waals surface area contributed by atoms with Crippen molar-refractivity contribution in [3.63, 3.8) is 0 Å². The summed E-state index contributed by atoms with van der Waals surface area (Å²) in [6.07, 6.45) is 4.34. The quantitative estimate of drug-likeness (QED) is 0.544. The number of piperidine rings is 1. The number of rotatable bonds is 4. The van der Waals surface area contributed by atoms with Crippen LogP contribution >= 0.6 is 0 Å². The summed E-state index contributed by atoms with van der Waals surface area (Å²) in [5.41, 5.74) is 0.